The first kappa shape index (κ1) is 15.6. The summed E-state index contributed by atoms with van der Waals surface area (Å²) >= 11 is 5.69. The predicted molar refractivity (Wildman–Crippen MR) is 71.6 cm³/mol. The van der Waals surface area contributed by atoms with Crippen LogP contribution in [0.2, 0.25) is 5.15 Å². The third-order valence-corrected chi connectivity index (χ3v) is 4.05. The van der Waals surface area contributed by atoms with Crippen molar-refractivity contribution in [2.75, 3.05) is 17.2 Å². The molecule has 0 aliphatic carbocycles. The topological polar surface area (TPSA) is 105 Å². The van der Waals surface area contributed by atoms with Crippen LogP contribution < -0.4 is 4.90 Å². The van der Waals surface area contributed by atoms with E-state index in [0.29, 0.717) is 0 Å². The maximum Gasteiger partial charge on any atom is 0.339 e. The fourth-order valence-electron chi connectivity index (χ4n) is 2.18. The van der Waals surface area contributed by atoms with Crippen LogP contribution in [0.3, 0.4) is 0 Å². The number of amides is 1. The van der Waals surface area contributed by atoms with Crippen LogP contribution in [0.4, 0.5) is 9.70 Å². The van der Waals surface area contributed by atoms with Gasteiger partial charge in [0.2, 0.25) is 5.91 Å². The van der Waals surface area contributed by atoms with Gasteiger partial charge in [0.05, 0.1) is 5.75 Å². The second kappa shape index (κ2) is 5.57. The Kier molecular flexibility index (Phi) is 4.15. The number of hydrogen-bond acceptors (Lipinski definition) is 5. The molecule has 21 heavy (non-hydrogen) atoms. The molecule has 1 aromatic rings. The van der Waals surface area contributed by atoms with Crippen LogP contribution in [-0.2, 0) is 15.0 Å². The fourth-order valence-corrected chi connectivity index (χ4v) is 3.11. The Morgan fingerprint density at radius 2 is 2.19 bits per heavy atom. The van der Waals surface area contributed by atoms with E-state index in [4.69, 9.17) is 16.7 Å². The molecule has 1 aliphatic rings. The van der Waals surface area contributed by atoms with Crippen molar-refractivity contribution in [3.05, 3.63) is 22.8 Å². The highest BCUT2D eigenvalue weighted by molar-refractivity contribution is 7.86. The molecule has 2 rings (SSSR count). The number of carboxylic acid groups (broad SMARTS) is 1. The highest BCUT2D eigenvalue weighted by Crippen LogP contribution is 2.28. The van der Waals surface area contributed by atoms with Crippen LogP contribution in [0.5, 0.6) is 0 Å². The molecule has 1 atom stereocenters. The number of hydrogen-bond donors (Lipinski definition) is 1. The number of aromatic nitrogens is 1. The second-order valence-electron chi connectivity index (χ2n) is 4.59. The van der Waals surface area contributed by atoms with Crippen LogP contribution in [0.1, 0.15) is 16.8 Å². The highest BCUT2D eigenvalue weighted by Gasteiger charge is 2.36. The number of aromatic carboxylic acids is 1. The van der Waals surface area contributed by atoms with Gasteiger partial charge in [-0.05, 0) is 12.1 Å². The minimum atomic E-state index is -4.71. The van der Waals surface area contributed by atoms with Crippen molar-refractivity contribution in [1.29, 1.82) is 0 Å². The van der Waals surface area contributed by atoms with Crippen LogP contribution in [-0.4, -0.2) is 42.7 Å². The van der Waals surface area contributed by atoms with E-state index in [1.165, 1.54) is 12.1 Å². The van der Waals surface area contributed by atoms with Gasteiger partial charge >= 0.3 is 16.2 Å². The molecule has 0 aromatic carbocycles. The van der Waals surface area contributed by atoms with E-state index in [1.54, 1.807) is 0 Å². The monoisotopic (exact) mass is 336 g/mol. The summed E-state index contributed by atoms with van der Waals surface area (Å²) in [5.74, 6) is -3.55. The first-order valence-electron chi connectivity index (χ1n) is 5.80. The van der Waals surface area contributed by atoms with Crippen LogP contribution in [0.15, 0.2) is 12.1 Å². The van der Waals surface area contributed by atoms with Crippen molar-refractivity contribution < 1.29 is 27.0 Å². The van der Waals surface area contributed by atoms with E-state index < -0.39 is 33.8 Å². The Morgan fingerprint density at radius 3 is 2.76 bits per heavy atom. The molecule has 1 aromatic heterocycles. The molecule has 10 heteroatoms. The van der Waals surface area contributed by atoms with Crippen molar-refractivity contribution in [2.24, 2.45) is 5.92 Å². The lowest BCUT2D eigenvalue weighted by atomic mass is 10.1. The molecule has 1 N–H and O–H groups in total. The molecular weight excluding hydrogens is 327 g/mol. The van der Waals surface area contributed by atoms with Gasteiger partial charge in [-0.15, -0.1) is 3.89 Å². The summed E-state index contributed by atoms with van der Waals surface area (Å²) in [6.45, 7) is -0.129. The smallest absolute Gasteiger partial charge is 0.339 e. The number of anilines is 1. The van der Waals surface area contributed by atoms with Gasteiger partial charge < -0.3 is 5.11 Å². The Morgan fingerprint density at radius 1 is 1.52 bits per heavy atom. The van der Waals surface area contributed by atoms with Gasteiger partial charge in [-0.25, -0.2) is 9.78 Å². The molecule has 2 heterocycles. The number of carbonyl (C=O) groups is 2. The molecule has 114 valence electrons. The molecule has 1 fully saturated rings. The molecular formula is C11H10ClFN2O5S. The zero-order valence-corrected chi connectivity index (χ0v) is 12.1. The summed E-state index contributed by atoms with van der Waals surface area (Å²) in [6.07, 6.45) is -0.198. The summed E-state index contributed by atoms with van der Waals surface area (Å²) < 4.78 is 34.0. The third-order valence-electron chi connectivity index (χ3n) is 2.97. The average Bonchev–Trinajstić information content (AvgIpc) is 2.66. The number of pyridine rings is 1. The van der Waals surface area contributed by atoms with E-state index in [-0.39, 0.29) is 29.5 Å². The summed E-state index contributed by atoms with van der Waals surface area (Å²) in [6, 6.07) is 2.46. The van der Waals surface area contributed by atoms with Crippen molar-refractivity contribution in [3.8, 4) is 0 Å². The summed E-state index contributed by atoms with van der Waals surface area (Å²) in [4.78, 5) is 27.8. The van der Waals surface area contributed by atoms with E-state index in [2.05, 4.69) is 4.98 Å². The molecule has 1 aliphatic heterocycles. The lowest BCUT2D eigenvalue weighted by Crippen LogP contribution is -2.28. The predicted octanol–water partition coefficient (Wildman–Crippen LogP) is 1.09. The Balaban J connectivity index is 2.33. The maximum atomic E-state index is 12.7. The molecule has 1 saturated heterocycles. The lowest BCUT2D eigenvalue weighted by molar-refractivity contribution is -0.117. The van der Waals surface area contributed by atoms with Gasteiger partial charge in [0.25, 0.3) is 0 Å². The summed E-state index contributed by atoms with van der Waals surface area (Å²) in [5, 5.41) is 9.07. The standard InChI is InChI=1S/C11H10ClFN2O5S/c12-8-2-1-7(11(17)18)10(14-8)15-4-6(3-9(15)16)5-21(13,19)20/h1-2,6H,3-5H2,(H,17,18). The van der Waals surface area contributed by atoms with Crippen molar-refractivity contribution >= 4 is 39.5 Å². The van der Waals surface area contributed by atoms with E-state index in [0.717, 1.165) is 4.90 Å². The van der Waals surface area contributed by atoms with Crippen molar-refractivity contribution in [1.82, 2.24) is 4.98 Å². The molecule has 1 amide bonds. The maximum absolute atomic E-state index is 12.7. The van der Waals surface area contributed by atoms with Gasteiger partial charge in [-0.3, -0.25) is 9.69 Å². The van der Waals surface area contributed by atoms with Crippen LogP contribution in [0.25, 0.3) is 0 Å². The van der Waals surface area contributed by atoms with E-state index >= 15 is 0 Å². The Bertz CT molecular complexity index is 709. The summed E-state index contributed by atoms with van der Waals surface area (Å²) in [7, 11) is -4.71. The second-order valence-corrected chi connectivity index (χ2v) is 6.39. The van der Waals surface area contributed by atoms with Crippen LogP contribution in [0, 0.1) is 5.92 Å². The minimum absolute atomic E-state index is 0.00985. The molecule has 0 bridgehead atoms. The van der Waals surface area contributed by atoms with Gasteiger partial charge in [0.1, 0.15) is 10.7 Å². The number of halogens is 2. The van der Waals surface area contributed by atoms with Crippen LogP contribution >= 0.6 is 11.6 Å². The first-order valence-corrected chi connectivity index (χ1v) is 7.73. The van der Waals surface area contributed by atoms with Gasteiger partial charge in [0, 0.05) is 18.9 Å². The zero-order chi connectivity index (χ0) is 15.8. The third kappa shape index (κ3) is 3.67. The SMILES string of the molecule is O=C(O)c1ccc(Cl)nc1N1CC(CS(=O)(=O)F)CC1=O. The van der Waals surface area contributed by atoms with Gasteiger partial charge in [0.15, 0.2) is 5.82 Å². The lowest BCUT2D eigenvalue weighted by Gasteiger charge is -2.17. The van der Waals surface area contributed by atoms with E-state index in [1.807, 2.05) is 0 Å². The summed E-state index contributed by atoms with van der Waals surface area (Å²) in [5.41, 5.74) is -0.239. The average molecular weight is 337 g/mol. The largest absolute Gasteiger partial charge is 0.478 e. The number of carbonyl (C=O) groups excluding carboxylic acids is 1. The normalized spacial score (nSPS) is 19.0. The number of rotatable bonds is 4. The molecule has 0 radical (unpaired) electrons. The van der Waals surface area contributed by atoms with Crippen molar-refractivity contribution in [2.45, 2.75) is 6.42 Å². The Labute approximate surface area is 124 Å². The highest BCUT2D eigenvalue weighted by atomic mass is 35.5. The zero-order valence-electron chi connectivity index (χ0n) is 10.5. The molecule has 0 saturated carbocycles. The number of carboxylic acids is 1. The molecule has 1 unspecified atom stereocenters. The van der Waals surface area contributed by atoms with Gasteiger partial charge in [-0.1, -0.05) is 11.6 Å². The number of nitrogens with zero attached hydrogens (tertiary/aromatic N) is 2. The fraction of sp³-hybridized carbons (Fsp3) is 0.364. The Hall–Kier alpha value is -1.74. The van der Waals surface area contributed by atoms with Crippen molar-refractivity contribution in [3.63, 3.8) is 0 Å². The van der Waals surface area contributed by atoms with Gasteiger partial charge in [-0.2, -0.15) is 8.42 Å². The van der Waals surface area contributed by atoms with E-state index in [9.17, 15) is 21.9 Å². The quantitative estimate of drug-likeness (QED) is 0.651. The molecule has 7 nitrogen and oxygen atoms in total. The molecule has 0 spiro atoms. The minimum Gasteiger partial charge on any atom is -0.478 e. The first-order chi connectivity index (χ1) is 9.67.